The van der Waals surface area contributed by atoms with E-state index in [-0.39, 0.29) is 33.0 Å². The molecule has 204 valence electrons. The summed E-state index contributed by atoms with van der Waals surface area (Å²) in [6.07, 6.45) is 0. The van der Waals surface area contributed by atoms with Crippen molar-refractivity contribution in [2.24, 2.45) is 0 Å². The van der Waals surface area contributed by atoms with Crippen molar-refractivity contribution < 1.29 is 29.4 Å². The van der Waals surface area contributed by atoms with Crippen molar-refractivity contribution in [1.82, 2.24) is 0 Å². The van der Waals surface area contributed by atoms with E-state index in [0.29, 0.717) is 22.1 Å². The summed E-state index contributed by atoms with van der Waals surface area (Å²) >= 11 is 0. The molecule has 0 atom stereocenters. The number of rotatable bonds is 4. The van der Waals surface area contributed by atoms with Gasteiger partial charge in [-0.2, -0.15) is 0 Å². The second kappa shape index (κ2) is 8.87. The minimum atomic E-state index is -0.740. The molecule has 2 aliphatic rings. The largest absolute Gasteiger partial charge is 0.505 e. The Morgan fingerprint density at radius 3 is 1.29 bits per heavy atom. The molecule has 0 unspecified atom stereocenters. The van der Waals surface area contributed by atoms with Gasteiger partial charge in [-0.25, -0.2) is 0 Å². The van der Waals surface area contributed by atoms with Gasteiger partial charge in [0, 0.05) is 10.8 Å². The molecule has 0 fully saturated rings. The highest BCUT2D eigenvalue weighted by Gasteiger charge is 2.44. The van der Waals surface area contributed by atoms with Crippen LogP contribution in [0.5, 0.6) is 11.5 Å². The Balaban J connectivity index is 1.64. The Hall–Kier alpha value is -5.76. The molecule has 2 amide bonds. The van der Waals surface area contributed by atoms with Crippen LogP contribution in [0, 0.1) is 0 Å². The molecule has 8 nitrogen and oxygen atoms in total. The first-order valence-electron chi connectivity index (χ1n) is 13.2. The fraction of sp³-hybridized carbons (Fsp3) is 0.0588. The Bertz CT molecular complexity index is 2060. The van der Waals surface area contributed by atoms with Crippen LogP contribution < -0.4 is 20.2 Å². The van der Waals surface area contributed by atoms with E-state index >= 15 is 0 Å². The highest BCUT2D eigenvalue weighted by Crippen LogP contribution is 2.46. The molecule has 0 aliphatic carbocycles. The molecular weight excluding hydrogens is 532 g/mol. The number of anilines is 4. The topological polar surface area (TPSA) is 115 Å². The fourth-order valence-corrected chi connectivity index (χ4v) is 6.17. The van der Waals surface area contributed by atoms with Crippen LogP contribution >= 0.6 is 0 Å². The standard InChI is InChI=1S/C34H22N2O6/c1-17(37)25-27-29(35(33(25)41)23-15-7-11-19-9-3-5-13-21(19)23)32(40)28-26(18(2)38)34(42)36(30(28)31(27)39)24-16-8-12-20-10-4-6-14-22(20)24/h3-16,39-40H,1-2H3. The average molecular weight is 555 g/mol. The molecule has 42 heavy (non-hydrogen) atoms. The molecule has 2 aliphatic heterocycles. The van der Waals surface area contributed by atoms with Crippen molar-refractivity contribution in [3.63, 3.8) is 0 Å². The molecule has 0 radical (unpaired) electrons. The van der Waals surface area contributed by atoms with E-state index in [0.717, 1.165) is 10.8 Å². The lowest BCUT2D eigenvalue weighted by molar-refractivity contribution is -0.118. The average Bonchev–Trinajstić information content (AvgIpc) is 3.47. The monoisotopic (exact) mass is 554 g/mol. The summed E-state index contributed by atoms with van der Waals surface area (Å²) in [4.78, 5) is 56.2. The number of carbonyl (C=O) groups is 4. The lowest BCUT2D eigenvalue weighted by atomic mass is 10.0. The molecule has 0 saturated carbocycles. The Kier molecular flexibility index (Phi) is 5.33. The molecule has 2 heterocycles. The van der Waals surface area contributed by atoms with E-state index in [4.69, 9.17) is 0 Å². The lowest BCUT2D eigenvalue weighted by Crippen LogP contribution is -2.26. The van der Waals surface area contributed by atoms with Crippen LogP contribution in [0.4, 0.5) is 22.7 Å². The van der Waals surface area contributed by atoms with Crippen LogP contribution in [0.25, 0.3) is 32.7 Å². The van der Waals surface area contributed by atoms with E-state index in [1.54, 1.807) is 48.5 Å². The van der Waals surface area contributed by atoms with Crippen molar-refractivity contribution >= 4 is 78.8 Å². The van der Waals surface area contributed by atoms with E-state index in [1.807, 2.05) is 36.4 Å². The zero-order chi connectivity index (χ0) is 29.4. The molecule has 0 bridgehead atoms. The van der Waals surface area contributed by atoms with E-state index in [9.17, 15) is 29.4 Å². The van der Waals surface area contributed by atoms with Gasteiger partial charge in [0.25, 0.3) is 11.8 Å². The first-order valence-corrected chi connectivity index (χ1v) is 13.2. The molecule has 0 spiro atoms. The highest BCUT2D eigenvalue weighted by molar-refractivity contribution is 6.50. The van der Waals surface area contributed by atoms with Crippen LogP contribution in [-0.4, -0.2) is 33.6 Å². The smallest absolute Gasteiger partial charge is 0.267 e. The quantitative estimate of drug-likeness (QED) is 0.321. The van der Waals surface area contributed by atoms with E-state index in [1.165, 1.54) is 23.6 Å². The molecule has 5 aromatic carbocycles. The van der Waals surface area contributed by atoms with Crippen LogP contribution in [-0.2, 0) is 19.2 Å². The predicted molar refractivity (Wildman–Crippen MR) is 159 cm³/mol. The number of fused-ring (bicyclic) bond motifs is 4. The van der Waals surface area contributed by atoms with E-state index < -0.39 is 34.9 Å². The molecule has 5 aromatic rings. The predicted octanol–water partition coefficient (Wildman–Crippen LogP) is 4.24. The summed E-state index contributed by atoms with van der Waals surface area (Å²) in [7, 11) is 0. The number of ketones is 2. The number of carbonyl (C=O) groups excluding carboxylic acids is 4. The van der Waals surface area contributed by atoms with Gasteiger partial charge >= 0.3 is 0 Å². The Morgan fingerprint density at radius 2 is 0.905 bits per heavy atom. The third kappa shape index (κ3) is 3.23. The number of nitrogens with zero attached hydrogens (tertiary/aromatic N) is 2. The number of phenolic OH excluding ortho intramolecular Hbond substituents is 2. The lowest BCUT2D eigenvalue weighted by Gasteiger charge is -2.24. The molecule has 7 rings (SSSR count). The van der Waals surface area contributed by atoms with Crippen LogP contribution in [0.3, 0.4) is 0 Å². The molecule has 8 heteroatoms. The summed E-state index contributed by atoms with van der Waals surface area (Å²) in [5.74, 6) is -3.86. The van der Waals surface area contributed by atoms with Gasteiger partial charge < -0.3 is 10.2 Å². The SMILES string of the molecule is CC(=O)C1=c2c(O)c3c(c(O)c2N(c2cccc4ccccc24)C1=O)=C(C(C)=O)C(=O)N3c1cccc2ccccc12. The van der Waals surface area contributed by atoms with Crippen molar-refractivity contribution in [1.29, 1.82) is 0 Å². The number of Topliss-reactive ketones (excluding diaryl/α,β-unsaturated/α-hetero) is 2. The van der Waals surface area contributed by atoms with Gasteiger partial charge in [0.2, 0.25) is 0 Å². The first kappa shape index (κ1) is 25.2. The van der Waals surface area contributed by atoms with Crippen molar-refractivity contribution in [2.75, 3.05) is 9.80 Å². The van der Waals surface area contributed by atoms with Gasteiger partial charge in [0.15, 0.2) is 23.1 Å². The third-order valence-electron chi connectivity index (χ3n) is 7.90. The van der Waals surface area contributed by atoms with Crippen LogP contribution in [0.1, 0.15) is 13.8 Å². The summed E-state index contributed by atoms with van der Waals surface area (Å²) < 4.78 is 0. The number of benzene rings is 5. The van der Waals surface area contributed by atoms with Crippen LogP contribution in [0.15, 0.2) is 84.9 Å². The third-order valence-corrected chi connectivity index (χ3v) is 7.90. The second-order valence-electron chi connectivity index (χ2n) is 10.3. The van der Waals surface area contributed by atoms with Gasteiger partial charge in [0.1, 0.15) is 11.4 Å². The van der Waals surface area contributed by atoms with Crippen molar-refractivity contribution in [3.05, 3.63) is 95.4 Å². The zero-order valence-corrected chi connectivity index (χ0v) is 22.5. The minimum absolute atomic E-state index is 0.163. The van der Waals surface area contributed by atoms with Gasteiger partial charge in [-0.15, -0.1) is 0 Å². The number of hydrogen-bond acceptors (Lipinski definition) is 6. The summed E-state index contributed by atoms with van der Waals surface area (Å²) in [6.45, 7) is 2.40. The zero-order valence-electron chi connectivity index (χ0n) is 22.5. The van der Waals surface area contributed by atoms with E-state index in [2.05, 4.69) is 0 Å². The van der Waals surface area contributed by atoms with Crippen molar-refractivity contribution in [2.45, 2.75) is 13.8 Å². The molecule has 2 N–H and O–H groups in total. The normalized spacial score (nSPS) is 14.2. The highest BCUT2D eigenvalue weighted by atomic mass is 16.3. The number of aromatic hydroxyl groups is 2. The maximum absolute atomic E-state index is 14.0. The number of phenols is 2. The Labute approximate surface area is 238 Å². The molecule has 0 aromatic heterocycles. The minimum Gasteiger partial charge on any atom is -0.505 e. The molecule has 0 saturated heterocycles. The number of amides is 2. The van der Waals surface area contributed by atoms with Crippen molar-refractivity contribution in [3.8, 4) is 11.5 Å². The van der Waals surface area contributed by atoms with Gasteiger partial charge in [0.05, 0.1) is 33.0 Å². The van der Waals surface area contributed by atoms with Crippen LogP contribution in [0.2, 0.25) is 0 Å². The summed E-state index contributed by atoms with van der Waals surface area (Å²) in [6, 6.07) is 25.1. The second-order valence-corrected chi connectivity index (χ2v) is 10.3. The van der Waals surface area contributed by atoms with Gasteiger partial charge in [-0.05, 0) is 36.8 Å². The maximum Gasteiger partial charge on any atom is 0.267 e. The summed E-state index contributed by atoms with van der Waals surface area (Å²) in [5.41, 5.74) is -0.270. The summed E-state index contributed by atoms with van der Waals surface area (Å²) in [5, 5.41) is 26.4. The molecular formula is C34H22N2O6. The van der Waals surface area contributed by atoms with Gasteiger partial charge in [-0.3, -0.25) is 29.0 Å². The fourth-order valence-electron chi connectivity index (χ4n) is 6.17. The Morgan fingerprint density at radius 1 is 0.548 bits per heavy atom. The number of hydrogen-bond donors (Lipinski definition) is 2. The van der Waals surface area contributed by atoms with Gasteiger partial charge in [-0.1, -0.05) is 72.8 Å². The maximum atomic E-state index is 14.0. The first-order chi connectivity index (χ1) is 20.2.